The van der Waals surface area contributed by atoms with Crippen molar-refractivity contribution in [2.45, 2.75) is 26.3 Å². The minimum absolute atomic E-state index is 0.0537. The maximum atomic E-state index is 11.8. The monoisotopic (exact) mass is 191 g/mol. The summed E-state index contributed by atoms with van der Waals surface area (Å²) in [4.78, 5) is 11.8. The lowest BCUT2D eigenvalue weighted by molar-refractivity contribution is 0.396. The van der Waals surface area contributed by atoms with Crippen LogP contribution in [0.25, 0.3) is 0 Å². The number of hydrogen-bond acceptors (Lipinski definition) is 1. The lowest BCUT2D eigenvalue weighted by Crippen LogP contribution is -2.63. The first-order valence-corrected chi connectivity index (χ1v) is 4.53. The molecule has 15 heavy (non-hydrogen) atoms. The molecule has 0 saturated carbocycles. The zero-order chi connectivity index (χ0) is 12.0. The van der Waals surface area contributed by atoms with Crippen molar-refractivity contribution < 1.29 is 0 Å². The van der Waals surface area contributed by atoms with Crippen molar-refractivity contribution in [3.63, 3.8) is 0 Å². The molecule has 0 N–H and O–H groups in total. The normalized spacial score (nSPS) is 11.7. The molecule has 0 bridgehead atoms. The topological polar surface area (TPSA) is 22.0 Å². The Balaban J connectivity index is 3.77. The molecule has 0 atom stereocenters. The van der Waals surface area contributed by atoms with Crippen LogP contribution in [-0.2, 0) is 5.54 Å². The first kappa shape index (κ1) is 12.3. The highest BCUT2D eigenvalue weighted by Crippen LogP contribution is 2.06. The van der Waals surface area contributed by atoms with Gasteiger partial charge in [0.15, 0.2) is 0 Å². The Morgan fingerprint density at radius 3 is 1.80 bits per heavy atom. The molecule has 1 heterocycles. The zero-order valence-corrected chi connectivity index (χ0v) is 9.16. The summed E-state index contributed by atoms with van der Waals surface area (Å²) in [5.41, 5.74) is -0.598. The van der Waals surface area contributed by atoms with Gasteiger partial charge in [-0.3, -0.25) is 4.79 Å². The minimum atomic E-state index is -0.489. The molecule has 2 nitrogen and oxygen atoms in total. The summed E-state index contributed by atoms with van der Waals surface area (Å²) in [7, 11) is 22.5. The summed E-state index contributed by atoms with van der Waals surface area (Å²) in [5, 5.41) is 0. The molecule has 0 spiro atoms. The standard InChI is InChI=1S/C9H9B4NO/c1-9(2,3)14-7(13)5(11)4(10)6(12)8(14)15/h1-3H3. The number of nitrogens with zero attached hydrogens (tertiary/aromatic N) is 1. The molecular weight excluding hydrogens is 181 g/mol. The number of pyridine rings is 1. The minimum Gasteiger partial charge on any atom is -0.319 e. The van der Waals surface area contributed by atoms with E-state index in [4.69, 9.17) is 31.4 Å². The quantitative estimate of drug-likeness (QED) is 0.395. The van der Waals surface area contributed by atoms with E-state index in [2.05, 4.69) is 0 Å². The summed E-state index contributed by atoms with van der Waals surface area (Å²) in [5.74, 6) is 0. The summed E-state index contributed by atoms with van der Waals surface area (Å²) in [6, 6.07) is 0. The average molecular weight is 190 g/mol. The van der Waals surface area contributed by atoms with Gasteiger partial charge in [0.2, 0.25) is 5.56 Å². The van der Waals surface area contributed by atoms with Gasteiger partial charge >= 0.3 is 0 Å². The van der Waals surface area contributed by atoms with Gasteiger partial charge in [-0.2, -0.15) is 0 Å². The van der Waals surface area contributed by atoms with Crippen LogP contribution in [0.1, 0.15) is 20.8 Å². The van der Waals surface area contributed by atoms with Gasteiger partial charge < -0.3 is 4.57 Å². The molecule has 0 fully saturated rings. The Kier molecular flexibility index (Phi) is 2.99. The van der Waals surface area contributed by atoms with E-state index in [1.165, 1.54) is 4.57 Å². The van der Waals surface area contributed by atoms with E-state index in [0.29, 0.717) is 0 Å². The van der Waals surface area contributed by atoms with Gasteiger partial charge in [0.25, 0.3) is 0 Å². The molecule has 1 aromatic heterocycles. The summed E-state index contributed by atoms with van der Waals surface area (Å²) < 4.78 is 1.34. The van der Waals surface area contributed by atoms with E-state index < -0.39 is 11.1 Å². The van der Waals surface area contributed by atoms with Gasteiger partial charge in [0.1, 0.15) is 31.4 Å². The van der Waals surface area contributed by atoms with E-state index >= 15 is 0 Å². The van der Waals surface area contributed by atoms with Gasteiger partial charge in [-0.15, -0.1) is 5.46 Å². The molecule has 1 aromatic rings. The van der Waals surface area contributed by atoms with E-state index in [1.807, 2.05) is 20.8 Å². The molecule has 0 saturated heterocycles. The van der Waals surface area contributed by atoms with Crippen LogP contribution < -0.4 is 27.5 Å². The Morgan fingerprint density at radius 2 is 1.40 bits per heavy atom. The smallest absolute Gasteiger partial charge is 0.242 e. The van der Waals surface area contributed by atoms with Crippen LogP contribution in [0, 0.1) is 0 Å². The van der Waals surface area contributed by atoms with Crippen molar-refractivity contribution in [3.05, 3.63) is 10.4 Å². The van der Waals surface area contributed by atoms with E-state index in [1.54, 1.807) is 0 Å². The molecule has 0 aliphatic rings. The lowest BCUT2D eigenvalue weighted by Gasteiger charge is -2.29. The van der Waals surface area contributed by atoms with Crippen molar-refractivity contribution in [3.8, 4) is 0 Å². The number of rotatable bonds is 0. The predicted molar refractivity (Wildman–Crippen MR) is 67.2 cm³/mol. The Bertz CT molecular complexity index is 459. The fourth-order valence-electron chi connectivity index (χ4n) is 1.41. The number of aromatic nitrogens is 1. The second-order valence-corrected chi connectivity index (χ2v) is 4.44. The van der Waals surface area contributed by atoms with E-state index in [0.717, 1.165) is 0 Å². The van der Waals surface area contributed by atoms with Crippen molar-refractivity contribution in [1.82, 2.24) is 4.57 Å². The van der Waals surface area contributed by atoms with Gasteiger partial charge in [-0.1, -0.05) is 5.46 Å². The SMILES string of the molecule is [B]c1c([B])c([B])n(C(C)(C)C)c(=O)c1[B]. The third-order valence-corrected chi connectivity index (χ3v) is 2.20. The van der Waals surface area contributed by atoms with Crippen molar-refractivity contribution in [1.29, 1.82) is 0 Å². The van der Waals surface area contributed by atoms with Gasteiger partial charge in [0.05, 0.1) is 0 Å². The first-order chi connectivity index (χ1) is 6.68. The maximum Gasteiger partial charge on any atom is 0.242 e. The zero-order valence-electron chi connectivity index (χ0n) is 9.16. The summed E-state index contributed by atoms with van der Waals surface area (Å²) in [6.45, 7) is 5.50. The lowest BCUT2D eigenvalue weighted by atomic mass is 9.69. The van der Waals surface area contributed by atoms with Crippen molar-refractivity contribution in [2.24, 2.45) is 0 Å². The first-order valence-electron chi connectivity index (χ1n) is 4.53. The molecule has 0 aliphatic heterocycles. The fourth-order valence-corrected chi connectivity index (χ4v) is 1.41. The third-order valence-electron chi connectivity index (χ3n) is 2.20. The second-order valence-electron chi connectivity index (χ2n) is 4.44. The van der Waals surface area contributed by atoms with E-state index in [-0.39, 0.29) is 22.0 Å². The maximum absolute atomic E-state index is 11.8. The Hall–Kier alpha value is -0.790. The van der Waals surface area contributed by atoms with Crippen molar-refractivity contribution in [2.75, 3.05) is 0 Å². The molecular formula is C9H9B4NO. The van der Waals surface area contributed by atoms with Crippen LogP contribution in [0.4, 0.5) is 0 Å². The molecule has 68 valence electrons. The largest absolute Gasteiger partial charge is 0.319 e. The molecule has 8 radical (unpaired) electrons. The second kappa shape index (κ2) is 3.66. The molecule has 0 unspecified atom stereocenters. The van der Waals surface area contributed by atoms with Crippen LogP contribution in [0.5, 0.6) is 0 Å². The fraction of sp³-hybridized carbons (Fsp3) is 0.444. The van der Waals surface area contributed by atoms with E-state index in [9.17, 15) is 4.79 Å². The third kappa shape index (κ3) is 1.95. The van der Waals surface area contributed by atoms with Crippen LogP contribution in [0.3, 0.4) is 0 Å². The Morgan fingerprint density at radius 1 is 0.933 bits per heavy atom. The highest BCUT2D eigenvalue weighted by atomic mass is 16.1. The molecule has 0 aliphatic carbocycles. The van der Waals surface area contributed by atoms with Gasteiger partial charge in [-0.05, 0) is 31.8 Å². The molecule has 0 amide bonds. The average Bonchev–Trinajstić information content (AvgIpc) is 2.09. The van der Waals surface area contributed by atoms with Gasteiger partial charge in [-0.25, -0.2) is 0 Å². The predicted octanol–water partition coefficient (Wildman–Crippen LogP) is -3.22. The molecule has 0 aromatic carbocycles. The highest BCUT2D eigenvalue weighted by molar-refractivity contribution is 6.61. The number of hydrogen-bond donors (Lipinski definition) is 0. The van der Waals surface area contributed by atoms with Crippen LogP contribution in [0.15, 0.2) is 4.79 Å². The summed E-state index contributed by atoms with van der Waals surface area (Å²) >= 11 is 0. The van der Waals surface area contributed by atoms with Crippen LogP contribution >= 0.6 is 0 Å². The Labute approximate surface area is 95.1 Å². The van der Waals surface area contributed by atoms with Crippen LogP contribution in [0.2, 0.25) is 0 Å². The summed E-state index contributed by atoms with van der Waals surface area (Å²) in [6.07, 6.45) is 0. The highest BCUT2D eigenvalue weighted by Gasteiger charge is 2.19. The van der Waals surface area contributed by atoms with Gasteiger partial charge in [0, 0.05) is 5.54 Å². The molecule has 1 rings (SSSR count). The van der Waals surface area contributed by atoms with Crippen LogP contribution in [-0.4, -0.2) is 36.0 Å². The van der Waals surface area contributed by atoms with Crippen molar-refractivity contribution >= 4 is 53.4 Å². The molecule has 6 heteroatoms.